The van der Waals surface area contributed by atoms with Gasteiger partial charge in [-0.2, -0.15) is 0 Å². The van der Waals surface area contributed by atoms with Gasteiger partial charge in [-0.25, -0.2) is 13.6 Å². The molecule has 0 unspecified atom stereocenters. The highest BCUT2D eigenvalue weighted by molar-refractivity contribution is 5.89. The normalized spacial score (nSPS) is 10.4. The lowest BCUT2D eigenvalue weighted by Crippen LogP contribution is -2.10. The lowest BCUT2D eigenvalue weighted by Gasteiger charge is -2.07. The first-order valence-corrected chi connectivity index (χ1v) is 4.36. The van der Waals surface area contributed by atoms with Crippen molar-refractivity contribution < 1.29 is 18.7 Å². The molecular weight excluding hydrogens is 204 g/mol. The van der Waals surface area contributed by atoms with Crippen LogP contribution in [0.5, 0.6) is 0 Å². The Balaban J connectivity index is 2.78. The van der Waals surface area contributed by atoms with Crippen LogP contribution in [0.25, 0.3) is 0 Å². The Morgan fingerprint density at radius 2 is 2.20 bits per heavy atom. The third kappa shape index (κ3) is 3.19. The number of halogens is 2. The fraction of sp³-hybridized carbons (Fsp3) is 0.300. The van der Waals surface area contributed by atoms with E-state index in [0.717, 1.165) is 0 Å². The Hall–Kier alpha value is -1.65. The van der Waals surface area contributed by atoms with E-state index >= 15 is 0 Å². The van der Waals surface area contributed by atoms with E-state index < -0.39 is 18.9 Å². The minimum atomic E-state index is -2.43. The molecule has 0 saturated carbocycles. The summed E-state index contributed by atoms with van der Waals surface area (Å²) >= 11 is 0. The fourth-order valence-corrected chi connectivity index (χ4v) is 1.21. The van der Waals surface area contributed by atoms with Gasteiger partial charge in [0.2, 0.25) is 0 Å². The highest BCUT2D eigenvalue weighted by Crippen LogP contribution is 2.15. The van der Waals surface area contributed by atoms with Crippen molar-refractivity contribution in [3.63, 3.8) is 0 Å². The third-order valence-electron chi connectivity index (χ3n) is 1.92. The van der Waals surface area contributed by atoms with E-state index in [2.05, 4.69) is 5.32 Å². The number of hydrogen-bond acceptors (Lipinski definition) is 2. The van der Waals surface area contributed by atoms with Gasteiger partial charge in [-0.15, -0.1) is 0 Å². The number of hydrogen-bond donors (Lipinski definition) is 2. The van der Waals surface area contributed by atoms with Gasteiger partial charge in [-0.1, -0.05) is 0 Å². The van der Waals surface area contributed by atoms with Crippen LogP contribution in [0.3, 0.4) is 0 Å². The van der Waals surface area contributed by atoms with Gasteiger partial charge in [0.1, 0.15) is 0 Å². The Morgan fingerprint density at radius 3 is 2.67 bits per heavy atom. The molecule has 0 spiro atoms. The molecule has 0 aliphatic carbocycles. The van der Waals surface area contributed by atoms with Crippen LogP contribution in [0.4, 0.5) is 14.5 Å². The summed E-state index contributed by atoms with van der Waals surface area (Å²) in [4.78, 5) is 10.7. The minimum absolute atomic E-state index is 0.178. The summed E-state index contributed by atoms with van der Waals surface area (Å²) in [7, 11) is 0. The summed E-state index contributed by atoms with van der Waals surface area (Å²) in [5.41, 5.74) is 1.22. The lowest BCUT2D eigenvalue weighted by atomic mass is 10.1. The molecular formula is C10H11F2NO2. The minimum Gasteiger partial charge on any atom is -0.478 e. The summed E-state index contributed by atoms with van der Waals surface area (Å²) in [6.07, 6.45) is -2.43. The number of aromatic carboxylic acids is 1. The number of carboxylic acid groups (broad SMARTS) is 1. The van der Waals surface area contributed by atoms with Crippen LogP contribution >= 0.6 is 0 Å². The SMILES string of the molecule is Cc1cc(NCC(F)F)ccc1C(=O)O. The number of nitrogens with one attached hydrogen (secondary N) is 1. The second kappa shape index (κ2) is 4.72. The zero-order chi connectivity index (χ0) is 11.4. The van der Waals surface area contributed by atoms with Crippen LogP contribution in [-0.4, -0.2) is 24.0 Å². The largest absolute Gasteiger partial charge is 0.478 e. The molecule has 0 bridgehead atoms. The summed E-state index contributed by atoms with van der Waals surface area (Å²) in [5.74, 6) is -1.02. The maximum absolute atomic E-state index is 11.9. The number of carbonyl (C=O) groups is 1. The molecule has 0 aliphatic rings. The molecule has 0 atom stereocenters. The van der Waals surface area contributed by atoms with Gasteiger partial charge in [0.15, 0.2) is 0 Å². The molecule has 0 heterocycles. The van der Waals surface area contributed by atoms with Crippen LogP contribution in [-0.2, 0) is 0 Å². The topological polar surface area (TPSA) is 49.3 Å². The quantitative estimate of drug-likeness (QED) is 0.810. The predicted octanol–water partition coefficient (Wildman–Crippen LogP) is 2.37. The van der Waals surface area contributed by atoms with E-state index in [0.29, 0.717) is 11.3 Å². The van der Waals surface area contributed by atoms with Crippen molar-refractivity contribution in [3.8, 4) is 0 Å². The van der Waals surface area contributed by atoms with Gasteiger partial charge in [0.05, 0.1) is 12.1 Å². The number of benzene rings is 1. The van der Waals surface area contributed by atoms with Crippen molar-refractivity contribution in [1.29, 1.82) is 0 Å². The highest BCUT2D eigenvalue weighted by Gasteiger charge is 2.07. The van der Waals surface area contributed by atoms with E-state index in [4.69, 9.17) is 5.11 Å². The standard InChI is InChI=1S/C10H11F2NO2/c1-6-4-7(13-5-9(11)12)2-3-8(6)10(14)15/h2-4,9,13H,5H2,1H3,(H,14,15). The van der Waals surface area contributed by atoms with Gasteiger partial charge < -0.3 is 10.4 Å². The van der Waals surface area contributed by atoms with E-state index in [9.17, 15) is 13.6 Å². The first-order chi connectivity index (χ1) is 7.00. The van der Waals surface area contributed by atoms with Gasteiger partial charge in [0, 0.05) is 5.69 Å². The molecule has 0 aliphatic heterocycles. The lowest BCUT2D eigenvalue weighted by molar-refractivity contribution is 0.0696. The van der Waals surface area contributed by atoms with Crippen LogP contribution in [0.1, 0.15) is 15.9 Å². The van der Waals surface area contributed by atoms with Crippen molar-refractivity contribution >= 4 is 11.7 Å². The molecule has 0 fully saturated rings. The molecule has 5 heteroatoms. The molecule has 0 amide bonds. The number of rotatable bonds is 4. The number of carboxylic acids is 1. The fourth-order valence-electron chi connectivity index (χ4n) is 1.21. The monoisotopic (exact) mass is 215 g/mol. The number of anilines is 1. The van der Waals surface area contributed by atoms with Crippen LogP contribution in [0.2, 0.25) is 0 Å². The molecule has 3 nitrogen and oxygen atoms in total. The predicted molar refractivity (Wildman–Crippen MR) is 52.6 cm³/mol. The maximum Gasteiger partial charge on any atom is 0.335 e. The second-order valence-electron chi connectivity index (χ2n) is 3.11. The van der Waals surface area contributed by atoms with Crippen molar-refractivity contribution in [2.24, 2.45) is 0 Å². The third-order valence-corrected chi connectivity index (χ3v) is 1.92. The van der Waals surface area contributed by atoms with Gasteiger partial charge in [-0.3, -0.25) is 0 Å². The van der Waals surface area contributed by atoms with E-state index in [1.165, 1.54) is 18.2 Å². The maximum atomic E-state index is 11.9. The first-order valence-electron chi connectivity index (χ1n) is 4.36. The van der Waals surface area contributed by atoms with E-state index in [-0.39, 0.29) is 5.56 Å². The van der Waals surface area contributed by atoms with Crippen molar-refractivity contribution in [3.05, 3.63) is 29.3 Å². The van der Waals surface area contributed by atoms with Crippen LogP contribution in [0.15, 0.2) is 18.2 Å². The van der Waals surface area contributed by atoms with Crippen LogP contribution < -0.4 is 5.32 Å². The van der Waals surface area contributed by atoms with Crippen LogP contribution in [0, 0.1) is 6.92 Å². The zero-order valence-electron chi connectivity index (χ0n) is 8.13. The molecule has 0 aromatic heterocycles. The molecule has 0 saturated heterocycles. The van der Waals surface area contributed by atoms with Gasteiger partial charge >= 0.3 is 5.97 Å². The zero-order valence-corrected chi connectivity index (χ0v) is 8.13. The Morgan fingerprint density at radius 1 is 1.53 bits per heavy atom. The first kappa shape index (κ1) is 11.4. The smallest absolute Gasteiger partial charge is 0.335 e. The molecule has 1 aromatic rings. The van der Waals surface area contributed by atoms with Crippen molar-refractivity contribution in [2.45, 2.75) is 13.3 Å². The van der Waals surface area contributed by atoms with Gasteiger partial charge in [-0.05, 0) is 30.7 Å². The summed E-state index contributed by atoms with van der Waals surface area (Å²) in [5, 5.41) is 11.2. The molecule has 0 radical (unpaired) electrons. The molecule has 2 N–H and O–H groups in total. The Kier molecular flexibility index (Phi) is 3.60. The Bertz CT molecular complexity index is 366. The second-order valence-corrected chi connectivity index (χ2v) is 3.11. The molecule has 82 valence electrons. The molecule has 15 heavy (non-hydrogen) atoms. The summed E-state index contributed by atoms with van der Waals surface area (Å²) in [6, 6.07) is 4.40. The van der Waals surface area contributed by atoms with E-state index in [1.54, 1.807) is 6.92 Å². The summed E-state index contributed by atoms with van der Waals surface area (Å²) < 4.78 is 23.7. The molecule has 1 rings (SSSR count). The van der Waals surface area contributed by atoms with Crippen molar-refractivity contribution in [1.82, 2.24) is 0 Å². The number of aryl methyl sites for hydroxylation is 1. The molecule has 1 aromatic carbocycles. The highest BCUT2D eigenvalue weighted by atomic mass is 19.3. The van der Waals surface area contributed by atoms with Crippen molar-refractivity contribution in [2.75, 3.05) is 11.9 Å². The average Bonchev–Trinajstić information content (AvgIpc) is 2.14. The average molecular weight is 215 g/mol. The number of alkyl halides is 2. The van der Waals surface area contributed by atoms with Gasteiger partial charge in [0.25, 0.3) is 6.43 Å². The Labute approximate surface area is 85.7 Å². The summed E-state index contributed by atoms with van der Waals surface area (Å²) in [6.45, 7) is 1.18. The van der Waals surface area contributed by atoms with E-state index in [1.807, 2.05) is 0 Å².